The minimum Gasteiger partial charge on any atom is -0.497 e. The molecule has 5 aromatic carbocycles. The van der Waals surface area contributed by atoms with E-state index in [1.54, 1.807) is 82.6 Å². The van der Waals surface area contributed by atoms with Crippen LogP contribution < -0.4 is 23.7 Å². The van der Waals surface area contributed by atoms with E-state index in [1.165, 1.54) is 45.3 Å². The lowest BCUT2D eigenvalue weighted by Crippen LogP contribution is -1.94. The summed E-state index contributed by atoms with van der Waals surface area (Å²) in [6, 6.07) is 39.9. The average Bonchev–Trinajstić information content (AvgIpc) is 3.57. The first-order chi connectivity index (χ1) is 42.6. The SMILES string of the molecule is COc1ccc(SCCCCC(=O)O)cc1.COc1ccc(SCCCCCC(=O)O)cc1.COc1cccc(SCCCCCCCCCC(=O)O)c1.COc1ccccc1SCCCCC(=O)O.COc1ccccc1SCCCCCCC(=O)O. The van der Waals surface area contributed by atoms with Crippen molar-refractivity contribution < 1.29 is 73.2 Å². The van der Waals surface area contributed by atoms with Gasteiger partial charge in [-0.2, -0.15) is 0 Å². The van der Waals surface area contributed by atoms with E-state index in [0.717, 1.165) is 152 Å². The van der Waals surface area contributed by atoms with Crippen LogP contribution in [0, 0.1) is 0 Å². The van der Waals surface area contributed by atoms with Crippen molar-refractivity contribution in [3.63, 3.8) is 0 Å². The predicted octanol–water partition coefficient (Wildman–Crippen LogP) is 18.3. The highest BCUT2D eigenvalue weighted by Crippen LogP contribution is 2.31. The summed E-state index contributed by atoms with van der Waals surface area (Å²) in [6.45, 7) is 0. The Bertz CT molecular complexity index is 2590. The Morgan fingerprint density at radius 1 is 0.284 bits per heavy atom. The van der Waals surface area contributed by atoms with E-state index in [2.05, 4.69) is 18.2 Å². The van der Waals surface area contributed by atoms with Crippen LogP contribution in [0.3, 0.4) is 0 Å². The Labute approximate surface area is 545 Å². The molecular formula is C68H96O15S5. The van der Waals surface area contributed by atoms with Crippen molar-refractivity contribution in [2.45, 2.75) is 172 Å². The number of para-hydroxylation sites is 2. The zero-order chi connectivity index (χ0) is 64.7. The van der Waals surface area contributed by atoms with Crippen LogP contribution in [-0.2, 0) is 24.0 Å². The highest BCUT2D eigenvalue weighted by Gasteiger charge is 2.06. The van der Waals surface area contributed by atoms with Crippen LogP contribution in [0.5, 0.6) is 28.7 Å². The quantitative estimate of drug-likeness (QED) is 0.0180. The van der Waals surface area contributed by atoms with Crippen LogP contribution in [0.15, 0.2) is 146 Å². The van der Waals surface area contributed by atoms with Crippen molar-refractivity contribution in [3.8, 4) is 28.7 Å². The molecule has 5 aromatic rings. The van der Waals surface area contributed by atoms with Gasteiger partial charge in [-0.25, -0.2) is 0 Å². The number of carbonyl (C=O) groups is 5. The number of carboxylic acids is 5. The number of ether oxygens (including phenoxy) is 5. The fraction of sp³-hybridized carbons (Fsp3) is 0.485. The van der Waals surface area contributed by atoms with Gasteiger partial charge in [-0.15, -0.1) is 58.8 Å². The maximum absolute atomic E-state index is 10.4. The molecule has 0 atom stereocenters. The van der Waals surface area contributed by atoms with Crippen molar-refractivity contribution in [2.24, 2.45) is 0 Å². The van der Waals surface area contributed by atoms with Gasteiger partial charge in [0, 0.05) is 56.6 Å². The molecule has 0 fully saturated rings. The van der Waals surface area contributed by atoms with Gasteiger partial charge in [0.15, 0.2) is 0 Å². The normalized spacial score (nSPS) is 10.2. The topological polar surface area (TPSA) is 233 Å². The Morgan fingerprint density at radius 2 is 0.568 bits per heavy atom. The number of unbranched alkanes of at least 4 members (excludes halogenated alkanes) is 13. The zero-order valence-electron chi connectivity index (χ0n) is 52.2. The van der Waals surface area contributed by atoms with Gasteiger partial charge >= 0.3 is 29.8 Å². The van der Waals surface area contributed by atoms with Crippen molar-refractivity contribution in [1.82, 2.24) is 0 Å². The number of hydrogen-bond donors (Lipinski definition) is 5. The molecule has 0 aliphatic rings. The molecule has 20 heteroatoms. The zero-order valence-corrected chi connectivity index (χ0v) is 56.3. The minimum atomic E-state index is -0.720. The maximum atomic E-state index is 10.4. The third-order valence-electron chi connectivity index (χ3n) is 12.5. The molecule has 0 aromatic heterocycles. The van der Waals surface area contributed by atoms with Crippen LogP contribution in [0.4, 0.5) is 0 Å². The van der Waals surface area contributed by atoms with E-state index in [0.29, 0.717) is 12.8 Å². The predicted molar refractivity (Wildman–Crippen MR) is 363 cm³/mol. The third-order valence-corrected chi connectivity index (χ3v) is 18.1. The summed E-state index contributed by atoms with van der Waals surface area (Å²) < 4.78 is 25.9. The summed E-state index contributed by atoms with van der Waals surface area (Å²) >= 11 is 8.92. The van der Waals surface area contributed by atoms with Crippen LogP contribution in [0.2, 0.25) is 0 Å². The smallest absolute Gasteiger partial charge is 0.303 e. The van der Waals surface area contributed by atoms with E-state index >= 15 is 0 Å². The lowest BCUT2D eigenvalue weighted by molar-refractivity contribution is -0.138. The monoisotopic (exact) mass is 1310 g/mol. The number of methoxy groups -OCH3 is 5. The molecule has 0 amide bonds. The summed E-state index contributed by atoms with van der Waals surface area (Å²) in [6.07, 6.45) is 19.6. The Kier molecular flexibility index (Phi) is 50.4. The Morgan fingerprint density at radius 3 is 0.909 bits per heavy atom. The lowest BCUT2D eigenvalue weighted by Gasteiger charge is -2.07. The van der Waals surface area contributed by atoms with Crippen LogP contribution in [0.25, 0.3) is 0 Å². The second-order valence-corrected chi connectivity index (χ2v) is 25.4. The average molecular weight is 1310 g/mol. The van der Waals surface area contributed by atoms with Gasteiger partial charge in [0.1, 0.15) is 28.7 Å². The lowest BCUT2D eigenvalue weighted by atomic mass is 10.1. The fourth-order valence-electron chi connectivity index (χ4n) is 7.75. The van der Waals surface area contributed by atoms with Gasteiger partial charge in [-0.3, -0.25) is 24.0 Å². The second-order valence-electron chi connectivity index (χ2n) is 19.7. The Hall–Kier alpha value is -5.80. The van der Waals surface area contributed by atoms with Gasteiger partial charge in [0.05, 0.1) is 35.5 Å². The minimum absolute atomic E-state index is 0.256. The molecule has 5 rings (SSSR count). The largest absolute Gasteiger partial charge is 0.497 e. The van der Waals surface area contributed by atoms with Crippen LogP contribution in [-0.4, -0.2) is 120 Å². The maximum Gasteiger partial charge on any atom is 0.303 e. The first kappa shape index (κ1) is 80.2. The molecule has 88 heavy (non-hydrogen) atoms. The van der Waals surface area contributed by atoms with Gasteiger partial charge in [-0.1, -0.05) is 81.7 Å². The van der Waals surface area contributed by atoms with Gasteiger partial charge < -0.3 is 49.2 Å². The molecule has 0 saturated carbocycles. The van der Waals surface area contributed by atoms with E-state index < -0.39 is 29.8 Å². The van der Waals surface area contributed by atoms with Gasteiger partial charge in [-0.05, 0) is 184 Å². The molecule has 0 bridgehead atoms. The number of rotatable bonds is 43. The number of thioether (sulfide) groups is 5. The number of hydrogen-bond acceptors (Lipinski definition) is 15. The number of carboxylic acid groups (broad SMARTS) is 5. The molecule has 0 radical (unpaired) electrons. The summed E-state index contributed by atoms with van der Waals surface area (Å²) in [5.74, 6) is 6.05. The van der Waals surface area contributed by atoms with Crippen molar-refractivity contribution in [2.75, 3.05) is 64.3 Å². The molecule has 0 unspecified atom stereocenters. The molecule has 5 N–H and O–H groups in total. The third kappa shape index (κ3) is 46.3. The number of benzene rings is 5. The fourth-order valence-corrected chi connectivity index (χ4v) is 12.6. The molecule has 0 spiro atoms. The molecule has 0 aliphatic heterocycles. The van der Waals surface area contributed by atoms with E-state index in [4.69, 9.17) is 49.2 Å². The van der Waals surface area contributed by atoms with Crippen molar-refractivity contribution in [1.29, 1.82) is 0 Å². The summed E-state index contributed by atoms with van der Waals surface area (Å²) in [7, 11) is 8.34. The highest BCUT2D eigenvalue weighted by atomic mass is 32.2. The van der Waals surface area contributed by atoms with E-state index in [9.17, 15) is 24.0 Å². The Balaban J connectivity index is 0.000000552. The van der Waals surface area contributed by atoms with Crippen LogP contribution in [0.1, 0.15) is 148 Å². The standard InChI is InChI=1S/C17H26O3S.C14H20O3S.C13H18O3S.2C12H16O3S/c1-20-15-10-9-11-16(14-15)21-13-8-6-4-2-3-5-7-12-17(18)19;1-17-12-8-5-6-9-13(12)18-11-7-3-2-4-10-14(15)16;1-16-11-6-8-12(9-7-11)17-10-4-2-3-5-13(14)15;1-15-10-6-2-3-7-11(10)16-9-5-4-8-12(13)14;1-15-10-5-7-11(8-6-10)16-9-3-2-4-12(13)14/h9-11,14H,2-8,12-13H2,1H3,(H,18,19);5-6,8-9H,2-4,7,10-11H2,1H3,(H,15,16);6-9H,2-5,10H2,1H3,(H,14,15);2-3,6-7H,4-5,8-9H2,1H3,(H,13,14);5-8H,2-4,9H2,1H3,(H,13,14). The molecule has 488 valence electrons. The number of aliphatic carboxylic acids is 5. The first-order valence-corrected chi connectivity index (χ1v) is 35.0. The van der Waals surface area contributed by atoms with Gasteiger partial charge in [0.2, 0.25) is 0 Å². The van der Waals surface area contributed by atoms with Crippen LogP contribution >= 0.6 is 58.8 Å². The molecule has 15 nitrogen and oxygen atoms in total. The highest BCUT2D eigenvalue weighted by molar-refractivity contribution is 8.00. The first-order valence-electron chi connectivity index (χ1n) is 30.1. The van der Waals surface area contributed by atoms with Crippen molar-refractivity contribution in [3.05, 3.63) is 121 Å². The summed E-state index contributed by atoms with van der Waals surface area (Å²) in [4.78, 5) is 57.5. The second kappa shape index (κ2) is 55.3. The molecular weight excluding hydrogens is 1220 g/mol. The van der Waals surface area contributed by atoms with E-state index in [-0.39, 0.29) is 19.3 Å². The molecule has 0 heterocycles. The van der Waals surface area contributed by atoms with E-state index in [1.807, 2.05) is 115 Å². The molecule has 0 saturated heterocycles. The summed E-state index contributed by atoms with van der Waals surface area (Å²) in [5.41, 5.74) is 0. The van der Waals surface area contributed by atoms with Gasteiger partial charge in [0.25, 0.3) is 0 Å². The summed E-state index contributed by atoms with van der Waals surface area (Å²) in [5, 5.41) is 42.5. The van der Waals surface area contributed by atoms with Crippen molar-refractivity contribution >= 4 is 88.7 Å². The molecule has 0 aliphatic carbocycles.